The summed E-state index contributed by atoms with van der Waals surface area (Å²) in [4.78, 5) is 149. The van der Waals surface area contributed by atoms with Gasteiger partial charge in [-0.05, 0) is 55.0 Å². The van der Waals surface area contributed by atoms with E-state index in [1.807, 2.05) is 55.7 Å². The number of Topliss-reactive ketones (excluding diaryl/α,β-unsaturated/α-hetero) is 2. The zero-order valence-electron chi connectivity index (χ0n) is 45.3. The molecule has 3 aromatic rings. The summed E-state index contributed by atoms with van der Waals surface area (Å²) < 4.78 is 63.6. The number of benzene rings is 2. The van der Waals surface area contributed by atoms with E-state index in [4.69, 9.17) is 20.7 Å². The average molecular weight is 1180 g/mol. The van der Waals surface area contributed by atoms with Crippen molar-refractivity contribution in [3.05, 3.63) is 95.8 Å². The summed E-state index contributed by atoms with van der Waals surface area (Å²) >= 11 is 1.06. The third kappa shape index (κ3) is 22.0. The summed E-state index contributed by atoms with van der Waals surface area (Å²) in [7, 11) is 0. The predicted octanol–water partition coefficient (Wildman–Crippen LogP) is 4.32. The molecular weight excluding hydrogens is 1110 g/mol. The van der Waals surface area contributed by atoms with E-state index < -0.39 is 150 Å². The highest BCUT2D eigenvalue weighted by molar-refractivity contribution is 7.99. The summed E-state index contributed by atoms with van der Waals surface area (Å²) in [5.74, 6) is -14.4. The summed E-state index contributed by atoms with van der Waals surface area (Å²) in [6.07, 6.45) is -3.37. The van der Waals surface area contributed by atoms with Crippen LogP contribution in [0.4, 0.5) is 22.0 Å². The van der Waals surface area contributed by atoms with Crippen molar-refractivity contribution in [2.45, 2.75) is 116 Å². The number of unbranched alkanes of at least 4 members (excludes halogenated alkanes) is 1. The molecule has 2 heterocycles. The Bertz CT molecular complexity index is 2880. The average Bonchev–Trinajstić information content (AvgIpc) is 4.13. The first-order valence-electron chi connectivity index (χ1n) is 25.3. The number of rotatable bonds is 30. The Balaban J connectivity index is 0.00000236. The normalized spacial score (nSPS) is 14.0. The van der Waals surface area contributed by atoms with Crippen LogP contribution in [-0.4, -0.2) is 149 Å². The number of ketones is 2. The minimum atomic E-state index is -5.08. The summed E-state index contributed by atoms with van der Waals surface area (Å²) in [5.41, 5.74) is 6.44. The quantitative estimate of drug-likeness (QED) is 0.0278. The number of aromatic nitrogens is 1. The number of nitrogens with two attached hydrogens (primary N) is 1. The Kier molecular flexibility index (Phi) is 25.7. The number of primary amides is 1. The number of carbonyl (C=O) groups is 12. The molecule has 0 radical (unpaired) electrons. The molecule has 1 aromatic heterocycles. The maximum atomic E-state index is 15.4. The van der Waals surface area contributed by atoms with Gasteiger partial charge in [0.1, 0.15) is 24.2 Å². The van der Waals surface area contributed by atoms with Crippen LogP contribution in [0.1, 0.15) is 96.9 Å². The fourth-order valence-electron chi connectivity index (χ4n) is 8.24. The minimum absolute atomic E-state index is 0.0168. The van der Waals surface area contributed by atoms with E-state index in [0.717, 1.165) is 47.7 Å². The van der Waals surface area contributed by atoms with Crippen LogP contribution in [0.2, 0.25) is 0 Å². The van der Waals surface area contributed by atoms with Gasteiger partial charge in [-0.25, -0.2) is 18.4 Å². The van der Waals surface area contributed by atoms with Crippen LogP contribution in [0, 0.1) is 23.0 Å². The second-order valence-electron chi connectivity index (χ2n) is 20.0. The number of carboxylic acid groups (broad SMARTS) is 3. The standard InChI is InChI=1S/C52H63F2N7O13S.C2HF3O2/c1-30(21-41(63)31(2)56-44(66)28-61-45(67)16-17-46(61)68)50(72)58-37(24-42(55)64)40(62)13-9-10-19-60(47(69)29-75-20-18-43(65)57-38(51(73)74)25-48(70)71)49(52(3,4)5)39-22-33(35-23-34(53)14-15-36(35)54)27-59(39)26-32-11-7-6-8-12-32;3-2(4,5)1(6)7/h6-8,11-12,14-17,22-23,27,30-31,37-38,49H,9-10,13,18-21,24-26,28-29H2,1-5H3,(H2,55,64)(H,56,66)(H,57,65)(H,58,72)(H,70,71)(H,73,74);(H,6,7)/t30-,31-,37-,38+,49-;/m0./s1. The Labute approximate surface area is 471 Å². The third-order valence-corrected chi connectivity index (χ3v) is 13.2. The van der Waals surface area contributed by atoms with Gasteiger partial charge >= 0.3 is 24.1 Å². The maximum Gasteiger partial charge on any atom is 0.490 e. The van der Waals surface area contributed by atoms with Gasteiger partial charge in [-0.3, -0.25) is 52.8 Å². The van der Waals surface area contributed by atoms with E-state index in [1.165, 1.54) is 13.8 Å². The second kappa shape index (κ2) is 31.1. The molecule has 22 nitrogen and oxygen atoms in total. The smallest absolute Gasteiger partial charge is 0.481 e. The largest absolute Gasteiger partial charge is 0.490 e. The summed E-state index contributed by atoms with van der Waals surface area (Å²) in [6.45, 7) is 8.08. The van der Waals surface area contributed by atoms with Gasteiger partial charge in [0.05, 0.1) is 36.7 Å². The van der Waals surface area contributed by atoms with Crippen molar-refractivity contribution in [3.63, 3.8) is 0 Å². The fourth-order valence-corrected chi connectivity index (χ4v) is 9.06. The highest BCUT2D eigenvalue weighted by Gasteiger charge is 2.39. The van der Waals surface area contributed by atoms with Crippen molar-refractivity contribution in [3.8, 4) is 11.1 Å². The van der Waals surface area contributed by atoms with Gasteiger partial charge < -0.3 is 46.5 Å². The Morgan fingerprint density at radius 1 is 0.756 bits per heavy atom. The summed E-state index contributed by atoms with van der Waals surface area (Å²) in [6, 6.07) is 9.12. The monoisotopic (exact) mass is 1180 g/mol. The lowest BCUT2D eigenvalue weighted by molar-refractivity contribution is -0.192. The van der Waals surface area contributed by atoms with Crippen LogP contribution in [0.3, 0.4) is 0 Å². The molecule has 0 saturated heterocycles. The number of amides is 7. The molecular formula is C54H64F5N7O15S. The topological polar surface area (TPSA) is 339 Å². The van der Waals surface area contributed by atoms with Crippen LogP contribution in [0.5, 0.6) is 0 Å². The lowest BCUT2D eigenvalue weighted by atomic mass is 9.82. The molecule has 1 aliphatic rings. The van der Waals surface area contributed by atoms with E-state index >= 15 is 4.39 Å². The van der Waals surface area contributed by atoms with E-state index in [9.17, 15) is 75.4 Å². The molecule has 0 unspecified atom stereocenters. The highest BCUT2D eigenvalue weighted by atomic mass is 32.2. The van der Waals surface area contributed by atoms with Crippen LogP contribution in [0.15, 0.2) is 72.9 Å². The van der Waals surface area contributed by atoms with Gasteiger partial charge in [0, 0.05) is 79.2 Å². The van der Waals surface area contributed by atoms with Gasteiger partial charge in [0.15, 0.2) is 11.6 Å². The van der Waals surface area contributed by atoms with Crippen LogP contribution in [-0.2, 0) is 64.1 Å². The predicted molar refractivity (Wildman–Crippen MR) is 284 cm³/mol. The minimum Gasteiger partial charge on any atom is -0.481 e. The molecule has 1 aliphatic heterocycles. The molecule has 7 amide bonds. The molecule has 5 atom stereocenters. The van der Waals surface area contributed by atoms with E-state index in [1.54, 1.807) is 17.2 Å². The Hall–Kier alpha value is -8.30. The van der Waals surface area contributed by atoms with Gasteiger partial charge in [-0.2, -0.15) is 24.9 Å². The summed E-state index contributed by atoms with van der Waals surface area (Å²) in [5, 5.41) is 32.6. The number of alkyl halides is 3. The van der Waals surface area contributed by atoms with Gasteiger partial charge in [0.25, 0.3) is 11.8 Å². The van der Waals surface area contributed by atoms with Crippen molar-refractivity contribution in [1.82, 2.24) is 30.3 Å². The first kappa shape index (κ1) is 68.0. The first-order chi connectivity index (χ1) is 38.2. The van der Waals surface area contributed by atoms with E-state index in [0.29, 0.717) is 16.2 Å². The lowest BCUT2D eigenvalue weighted by Gasteiger charge is -2.41. The number of imide groups is 1. The molecule has 446 valence electrons. The lowest BCUT2D eigenvalue weighted by Crippen LogP contribution is -2.47. The first-order valence-corrected chi connectivity index (χ1v) is 26.4. The molecule has 0 fully saturated rings. The molecule has 0 bridgehead atoms. The molecule has 4 rings (SSSR count). The molecule has 2 aromatic carbocycles. The van der Waals surface area contributed by atoms with Crippen molar-refractivity contribution < 1.29 is 94.8 Å². The number of halogens is 5. The molecule has 0 saturated carbocycles. The van der Waals surface area contributed by atoms with Gasteiger partial charge in [0.2, 0.25) is 29.5 Å². The third-order valence-electron chi connectivity index (χ3n) is 12.3. The maximum absolute atomic E-state index is 15.4. The van der Waals surface area contributed by atoms with Crippen LogP contribution >= 0.6 is 11.8 Å². The number of carbonyl (C=O) groups excluding carboxylic acids is 9. The Morgan fingerprint density at radius 3 is 1.94 bits per heavy atom. The molecule has 8 N–H and O–H groups in total. The second-order valence-corrected chi connectivity index (χ2v) is 21.1. The van der Waals surface area contributed by atoms with Crippen LogP contribution < -0.4 is 21.7 Å². The number of thioether (sulfide) groups is 1. The molecule has 0 spiro atoms. The number of hydrogen-bond donors (Lipinski definition) is 7. The van der Waals surface area contributed by atoms with Crippen LogP contribution in [0.25, 0.3) is 11.1 Å². The number of carboxylic acids is 3. The number of aliphatic carboxylic acids is 3. The van der Waals surface area contributed by atoms with Crippen molar-refractivity contribution in [2.75, 3.05) is 24.6 Å². The molecule has 0 aliphatic carbocycles. The van der Waals surface area contributed by atoms with Crippen molar-refractivity contribution in [1.29, 1.82) is 0 Å². The van der Waals surface area contributed by atoms with E-state index in [-0.39, 0.29) is 55.8 Å². The fraction of sp³-hybridized carbons (Fsp3) is 0.444. The van der Waals surface area contributed by atoms with E-state index in [2.05, 4.69) is 16.0 Å². The SMILES string of the molecule is C[C@H](NC(=O)CN1C(=O)C=CC1=O)C(=O)C[C@H](C)C(=O)N[C@@H](CC(N)=O)C(=O)CCCCN(C(=O)CSCCC(=O)N[C@H](CC(=O)O)C(=O)O)[C@@H](c1cc(-c2cc(F)ccc2F)cn1Cc1ccccc1)C(C)(C)C.O=C(O)C(F)(F)F. The zero-order valence-corrected chi connectivity index (χ0v) is 46.1. The Morgan fingerprint density at radius 2 is 1.38 bits per heavy atom. The highest BCUT2D eigenvalue weighted by Crippen LogP contribution is 2.41. The van der Waals surface area contributed by atoms with Gasteiger partial charge in [-0.15, -0.1) is 0 Å². The number of nitrogens with one attached hydrogen (secondary N) is 3. The molecule has 82 heavy (non-hydrogen) atoms. The van der Waals surface area contributed by atoms with Crippen molar-refractivity contribution >= 4 is 82.6 Å². The number of hydrogen-bond acceptors (Lipinski definition) is 13. The zero-order chi connectivity index (χ0) is 61.8. The number of nitrogens with zero attached hydrogens (tertiary/aromatic N) is 3. The van der Waals surface area contributed by atoms with Gasteiger partial charge in [-0.1, -0.05) is 58.0 Å². The molecule has 28 heteroatoms. The van der Waals surface area contributed by atoms with Crippen molar-refractivity contribution in [2.24, 2.45) is 17.1 Å².